The zero-order valence-corrected chi connectivity index (χ0v) is 13.5. The number of hydrazone groups is 1. The van der Waals surface area contributed by atoms with Gasteiger partial charge in [-0.05, 0) is 12.1 Å². The lowest BCUT2D eigenvalue weighted by Gasteiger charge is -2.00. The fraction of sp³-hybridized carbons (Fsp3) is 0. The van der Waals surface area contributed by atoms with Gasteiger partial charge in [0.1, 0.15) is 5.52 Å². The highest BCUT2D eigenvalue weighted by molar-refractivity contribution is 6.03. The monoisotopic (exact) mass is 340 g/mol. The minimum atomic E-state index is 0.312. The molecule has 0 saturated heterocycles. The van der Waals surface area contributed by atoms with Crippen molar-refractivity contribution in [1.29, 1.82) is 0 Å². The molecule has 0 radical (unpaired) electrons. The SMILES string of the molecule is C(=N\Nc1nnc2c(n1)[nH]c1ccccc12)/c1cccc2nccnc12. The molecular weight excluding hydrogens is 328 g/mol. The van der Waals surface area contributed by atoms with Gasteiger partial charge in [-0.2, -0.15) is 10.1 Å². The molecule has 0 aliphatic heterocycles. The Bertz CT molecular complexity index is 1270. The second-order valence-electron chi connectivity index (χ2n) is 5.64. The summed E-state index contributed by atoms with van der Waals surface area (Å²) < 4.78 is 0. The van der Waals surface area contributed by atoms with Crippen LogP contribution in [-0.2, 0) is 0 Å². The van der Waals surface area contributed by atoms with E-state index in [0.717, 1.165) is 33.0 Å². The molecule has 5 aromatic rings. The number of aromatic nitrogens is 6. The van der Waals surface area contributed by atoms with E-state index in [1.807, 2.05) is 42.5 Å². The average Bonchev–Trinajstić information content (AvgIpc) is 3.06. The van der Waals surface area contributed by atoms with Crippen LogP contribution in [0.15, 0.2) is 60.0 Å². The molecule has 0 saturated carbocycles. The molecule has 8 nitrogen and oxygen atoms in total. The quantitative estimate of drug-likeness (QED) is 0.386. The summed E-state index contributed by atoms with van der Waals surface area (Å²) in [5, 5.41) is 13.5. The van der Waals surface area contributed by atoms with Gasteiger partial charge in [0, 0.05) is 28.9 Å². The summed E-state index contributed by atoms with van der Waals surface area (Å²) in [4.78, 5) is 16.3. The number of anilines is 1. The smallest absolute Gasteiger partial charge is 0.265 e. The van der Waals surface area contributed by atoms with Crippen molar-refractivity contribution in [2.45, 2.75) is 0 Å². The van der Waals surface area contributed by atoms with Crippen LogP contribution in [0.2, 0.25) is 0 Å². The zero-order valence-electron chi connectivity index (χ0n) is 13.5. The molecule has 26 heavy (non-hydrogen) atoms. The minimum absolute atomic E-state index is 0.312. The van der Waals surface area contributed by atoms with Crippen molar-refractivity contribution in [3.05, 3.63) is 60.4 Å². The molecule has 0 aliphatic rings. The zero-order chi connectivity index (χ0) is 17.3. The molecule has 0 aliphatic carbocycles. The van der Waals surface area contributed by atoms with E-state index in [2.05, 4.69) is 40.7 Å². The van der Waals surface area contributed by atoms with Crippen LogP contribution in [0, 0.1) is 0 Å². The maximum atomic E-state index is 4.42. The highest BCUT2D eigenvalue weighted by Crippen LogP contribution is 2.21. The molecule has 0 atom stereocenters. The van der Waals surface area contributed by atoms with Gasteiger partial charge in [-0.3, -0.25) is 9.97 Å². The largest absolute Gasteiger partial charge is 0.338 e. The summed E-state index contributed by atoms with van der Waals surface area (Å²) >= 11 is 0. The number of fused-ring (bicyclic) bond motifs is 4. The summed E-state index contributed by atoms with van der Waals surface area (Å²) in [6.07, 6.45) is 4.98. The Labute approximate surface area is 147 Å². The van der Waals surface area contributed by atoms with Crippen LogP contribution >= 0.6 is 0 Å². The Morgan fingerprint density at radius 1 is 0.923 bits per heavy atom. The molecule has 2 aromatic carbocycles. The summed E-state index contributed by atoms with van der Waals surface area (Å²) in [7, 11) is 0. The van der Waals surface area contributed by atoms with E-state index in [4.69, 9.17) is 0 Å². The Hall–Kier alpha value is -3.94. The summed E-state index contributed by atoms with van der Waals surface area (Å²) in [5.41, 5.74) is 7.63. The van der Waals surface area contributed by atoms with Crippen molar-refractivity contribution in [1.82, 2.24) is 30.1 Å². The van der Waals surface area contributed by atoms with Gasteiger partial charge in [0.15, 0.2) is 5.65 Å². The molecule has 0 unspecified atom stereocenters. The molecule has 0 spiro atoms. The predicted molar refractivity (Wildman–Crippen MR) is 99.9 cm³/mol. The Morgan fingerprint density at radius 2 is 1.85 bits per heavy atom. The topological polar surface area (TPSA) is 105 Å². The van der Waals surface area contributed by atoms with E-state index in [9.17, 15) is 0 Å². The molecule has 2 N–H and O–H groups in total. The molecule has 3 heterocycles. The van der Waals surface area contributed by atoms with Crippen LogP contribution < -0.4 is 5.43 Å². The number of rotatable bonds is 3. The number of aromatic amines is 1. The number of benzene rings is 2. The van der Waals surface area contributed by atoms with Gasteiger partial charge in [0.25, 0.3) is 5.95 Å². The molecule has 5 rings (SSSR count). The normalized spacial score (nSPS) is 11.7. The van der Waals surface area contributed by atoms with E-state index >= 15 is 0 Å². The average molecular weight is 340 g/mol. The van der Waals surface area contributed by atoms with Crippen molar-refractivity contribution in [2.24, 2.45) is 5.10 Å². The van der Waals surface area contributed by atoms with Crippen LogP contribution in [-0.4, -0.2) is 36.3 Å². The fourth-order valence-corrected chi connectivity index (χ4v) is 2.85. The third-order valence-corrected chi connectivity index (χ3v) is 4.02. The molecule has 124 valence electrons. The number of nitrogens with one attached hydrogen (secondary N) is 2. The fourth-order valence-electron chi connectivity index (χ4n) is 2.85. The highest BCUT2D eigenvalue weighted by Gasteiger charge is 2.08. The number of hydrogen-bond donors (Lipinski definition) is 2. The van der Waals surface area contributed by atoms with Crippen molar-refractivity contribution in [3.63, 3.8) is 0 Å². The number of hydrogen-bond acceptors (Lipinski definition) is 7. The summed E-state index contributed by atoms with van der Waals surface area (Å²) in [6, 6.07) is 13.6. The maximum Gasteiger partial charge on any atom is 0.265 e. The molecule has 0 bridgehead atoms. The first-order chi connectivity index (χ1) is 12.9. The van der Waals surface area contributed by atoms with Gasteiger partial charge in [0.2, 0.25) is 0 Å². The van der Waals surface area contributed by atoms with Crippen LogP contribution in [0.5, 0.6) is 0 Å². The van der Waals surface area contributed by atoms with Crippen molar-refractivity contribution in [3.8, 4) is 0 Å². The first-order valence-electron chi connectivity index (χ1n) is 7.98. The standard InChI is InChI=1S/C18H12N8/c1-2-6-13-12(5-1)16-17(22-13)23-18(26-24-16)25-21-10-11-4-3-7-14-15(11)20-9-8-19-14/h1-10H,(H2,22,23,25,26)/b21-10+. The van der Waals surface area contributed by atoms with Crippen LogP contribution in [0.25, 0.3) is 33.1 Å². The van der Waals surface area contributed by atoms with E-state index in [1.54, 1.807) is 18.6 Å². The molecule has 8 heteroatoms. The van der Waals surface area contributed by atoms with Gasteiger partial charge in [0.05, 0.1) is 17.2 Å². The second kappa shape index (κ2) is 5.85. The molecule has 3 aromatic heterocycles. The first kappa shape index (κ1) is 14.4. The van der Waals surface area contributed by atoms with Gasteiger partial charge in [-0.25, -0.2) is 5.43 Å². The second-order valence-corrected chi connectivity index (χ2v) is 5.64. The lowest BCUT2D eigenvalue weighted by atomic mass is 10.2. The first-order valence-corrected chi connectivity index (χ1v) is 7.98. The summed E-state index contributed by atoms with van der Waals surface area (Å²) in [6.45, 7) is 0. The molecular formula is C18H12N8. The Balaban J connectivity index is 1.45. The molecule has 0 fully saturated rings. The van der Waals surface area contributed by atoms with Crippen molar-refractivity contribution in [2.75, 3.05) is 5.43 Å². The predicted octanol–water partition coefficient (Wildman–Crippen LogP) is 2.90. The van der Waals surface area contributed by atoms with Crippen molar-refractivity contribution >= 4 is 45.3 Å². The maximum absolute atomic E-state index is 4.42. The van der Waals surface area contributed by atoms with Crippen molar-refractivity contribution < 1.29 is 0 Å². The Morgan fingerprint density at radius 3 is 2.85 bits per heavy atom. The third-order valence-electron chi connectivity index (χ3n) is 4.02. The lowest BCUT2D eigenvalue weighted by molar-refractivity contribution is 1.01. The van der Waals surface area contributed by atoms with Gasteiger partial charge < -0.3 is 4.98 Å². The van der Waals surface area contributed by atoms with Crippen LogP contribution in [0.4, 0.5) is 5.95 Å². The Kier molecular flexibility index (Phi) is 3.24. The van der Waals surface area contributed by atoms with E-state index in [0.29, 0.717) is 11.6 Å². The van der Waals surface area contributed by atoms with E-state index in [1.165, 1.54) is 0 Å². The molecule has 0 amide bonds. The van der Waals surface area contributed by atoms with E-state index in [-0.39, 0.29) is 0 Å². The highest BCUT2D eigenvalue weighted by atomic mass is 15.4. The summed E-state index contributed by atoms with van der Waals surface area (Å²) in [5.74, 6) is 0.312. The van der Waals surface area contributed by atoms with Gasteiger partial charge >= 0.3 is 0 Å². The lowest BCUT2D eigenvalue weighted by Crippen LogP contribution is -1.99. The number of H-pyrrole nitrogens is 1. The third kappa shape index (κ3) is 2.40. The minimum Gasteiger partial charge on any atom is -0.338 e. The number of nitrogens with zero attached hydrogens (tertiary/aromatic N) is 6. The van der Waals surface area contributed by atoms with Crippen LogP contribution in [0.1, 0.15) is 5.56 Å². The van der Waals surface area contributed by atoms with E-state index < -0.39 is 0 Å². The van der Waals surface area contributed by atoms with Gasteiger partial charge in [-0.1, -0.05) is 30.3 Å². The van der Waals surface area contributed by atoms with Gasteiger partial charge in [-0.15, -0.1) is 10.2 Å². The van der Waals surface area contributed by atoms with Crippen LogP contribution in [0.3, 0.4) is 0 Å². The number of para-hydroxylation sites is 2.